The summed E-state index contributed by atoms with van der Waals surface area (Å²) in [5.41, 5.74) is 5.39. The van der Waals surface area contributed by atoms with Crippen LogP contribution in [0.3, 0.4) is 0 Å². The summed E-state index contributed by atoms with van der Waals surface area (Å²) in [4.78, 5) is 33.3. The third-order valence-corrected chi connectivity index (χ3v) is 2.46. The van der Waals surface area contributed by atoms with Crippen molar-refractivity contribution in [1.82, 2.24) is 16.0 Å². The molecular formula is C13H23N5O4. The maximum atomic E-state index is 11.3. The Morgan fingerprint density at radius 1 is 1.45 bits per heavy atom. The third-order valence-electron chi connectivity index (χ3n) is 2.46. The number of hydrogen-bond donors (Lipinski definition) is 5. The monoisotopic (exact) mass is 313 g/mol. The molecule has 0 saturated heterocycles. The fourth-order valence-corrected chi connectivity index (χ4v) is 1.34. The number of amides is 2. The Kier molecular flexibility index (Phi) is 10.0. The number of carbonyl (C=O) groups is 3. The van der Waals surface area contributed by atoms with E-state index in [-0.39, 0.29) is 12.6 Å². The minimum atomic E-state index is -0.757. The molecule has 0 aliphatic heterocycles. The van der Waals surface area contributed by atoms with Gasteiger partial charge in [-0.3, -0.25) is 15.5 Å². The van der Waals surface area contributed by atoms with Gasteiger partial charge in [-0.15, -0.1) is 0 Å². The molecule has 22 heavy (non-hydrogen) atoms. The zero-order valence-electron chi connectivity index (χ0n) is 12.6. The van der Waals surface area contributed by atoms with Crippen LogP contribution >= 0.6 is 0 Å². The molecule has 0 aliphatic rings. The molecular weight excluding hydrogens is 290 g/mol. The second-order valence-electron chi connectivity index (χ2n) is 4.50. The lowest BCUT2D eigenvalue weighted by atomic mass is 10.1. The van der Waals surface area contributed by atoms with E-state index < -0.39 is 24.1 Å². The van der Waals surface area contributed by atoms with E-state index in [0.29, 0.717) is 25.7 Å². The Bertz CT molecular complexity index is 411. The van der Waals surface area contributed by atoms with E-state index in [0.717, 1.165) is 0 Å². The number of nitrogens with two attached hydrogens (primary N) is 1. The van der Waals surface area contributed by atoms with Gasteiger partial charge in [0.25, 0.3) is 0 Å². The van der Waals surface area contributed by atoms with E-state index in [1.54, 1.807) is 0 Å². The van der Waals surface area contributed by atoms with Crippen LogP contribution in [0.15, 0.2) is 12.7 Å². The van der Waals surface area contributed by atoms with Crippen LogP contribution in [0, 0.1) is 5.41 Å². The quantitative estimate of drug-likeness (QED) is 0.124. The molecule has 0 bridgehead atoms. The summed E-state index contributed by atoms with van der Waals surface area (Å²) in [5, 5.41) is 14.8. The molecule has 0 radical (unpaired) electrons. The molecule has 9 nitrogen and oxygen atoms in total. The largest absolute Gasteiger partial charge is 0.445 e. The van der Waals surface area contributed by atoms with E-state index in [1.807, 2.05) is 0 Å². The molecule has 0 unspecified atom stereocenters. The highest BCUT2D eigenvalue weighted by molar-refractivity contribution is 5.92. The zero-order chi connectivity index (χ0) is 17.0. The van der Waals surface area contributed by atoms with Crippen LogP contribution in [0.4, 0.5) is 4.79 Å². The van der Waals surface area contributed by atoms with Gasteiger partial charge in [-0.25, -0.2) is 4.79 Å². The minimum Gasteiger partial charge on any atom is -0.445 e. The van der Waals surface area contributed by atoms with Gasteiger partial charge in [0.1, 0.15) is 12.9 Å². The van der Waals surface area contributed by atoms with Crippen LogP contribution in [0.25, 0.3) is 0 Å². The summed E-state index contributed by atoms with van der Waals surface area (Å²) in [7, 11) is 0. The van der Waals surface area contributed by atoms with Gasteiger partial charge in [0, 0.05) is 6.54 Å². The molecule has 0 spiro atoms. The maximum absolute atomic E-state index is 11.3. The van der Waals surface area contributed by atoms with Gasteiger partial charge in [0.05, 0.1) is 12.1 Å². The molecule has 0 aromatic rings. The maximum Gasteiger partial charge on any atom is 0.414 e. The second kappa shape index (κ2) is 11.3. The summed E-state index contributed by atoms with van der Waals surface area (Å²) in [6, 6.07) is -1.31. The summed E-state index contributed by atoms with van der Waals surface area (Å²) in [5.74, 6) is -0.610. The van der Waals surface area contributed by atoms with Crippen molar-refractivity contribution < 1.29 is 19.1 Å². The van der Waals surface area contributed by atoms with Crippen LogP contribution < -0.4 is 21.7 Å². The van der Waals surface area contributed by atoms with Gasteiger partial charge in [-0.05, 0) is 19.8 Å². The van der Waals surface area contributed by atoms with Crippen molar-refractivity contribution in [3.8, 4) is 0 Å². The molecule has 9 heteroatoms. The molecule has 6 N–H and O–H groups in total. The third kappa shape index (κ3) is 9.48. The van der Waals surface area contributed by atoms with Crippen LogP contribution in [-0.4, -0.2) is 49.5 Å². The number of rotatable bonds is 9. The number of guanidine groups is 1. The Labute approximate surface area is 129 Å². The Morgan fingerprint density at radius 2 is 2.14 bits per heavy atom. The SMILES string of the molecule is C=CCOC(=O)NC(=N)NCCC[C@@H](C=O)NC(=O)[C@H](C)N. The second-order valence-corrected chi connectivity index (χ2v) is 4.50. The van der Waals surface area contributed by atoms with Crippen LogP contribution in [0.2, 0.25) is 0 Å². The van der Waals surface area contributed by atoms with Gasteiger partial charge < -0.3 is 25.9 Å². The molecule has 0 aromatic carbocycles. The molecule has 2 atom stereocenters. The first kappa shape index (κ1) is 19.6. The Balaban J connectivity index is 3.87. The lowest BCUT2D eigenvalue weighted by Gasteiger charge is -2.15. The number of ether oxygens (including phenoxy) is 1. The molecule has 0 heterocycles. The number of carbonyl (C=O) groups excluding carboxylic acids is 3. The molecule has 2 amide bonds. The van der Waals surface area contributed by atoms with Gasteiger partial charge in [-0.2, -0.15) is 0 Å². The average Bonchev–Trinajstić information content (AvgIpc) is 2.47. The van der Waals surface area contributed by atoms with Crippen LogP contribution in [-0.2, 0) is 14.3 Å². The van der Waals surface area contributed by atoms with E-state index in [9.17, 15) is 14.4 Å². The van der Waals surface area contributed by atoms with Crippen molar-refractivity contribution in [2.75, 3.05) is 13.2 Å². The highest BCUT2D eigenvalue weighted by atomic mass is 16.5. The smallest absolute Gasteiger partial charge is 0.414 e. The van der Waals surface area contributed by atoms with Gasteiger partial charge in [0.15, 0.2) is 5.96 Å². The fourth-order valence-electron chi connectivity index (χ4n) is 1.34. The number of hydrogen-bond acceptors (Lipinski definition) is 6. The normalized spacial score (nSPS) is 12.5. The van der Waals surface area contributed by atoms with E-state index >= 15 is 0 Å². The summed E-state index contributed by atoms with van der Waals surface area (Å²) < 4.78 is 4.64. The summed E-state index contributed by atoms with van der Waals surface area (Å²) in [6.07, 6.45) is 2.19. The van der Waals surface area contributed by atoms with Crippen molar-refractivity contribution >= 4 is 24.2 Å². The van der Waals surface area contributed by atoms with Crippen molar-refractivity contribution in [1.29, 1.82) is 5.41 Å². The Morgan fingerprint density at radius 3 is 2.68 bits per heavy atom. The molecule has 0 fully saturated rings. The van der Waals surface area contributed by atoms with Gasteiger partial charge >= 0.3 is 6.09 Å². The van der Waals surface area contributed by atoms with Crippen molar-refractivity contribution in [2.24, 2.45) is 5.73 Å². The van der Waals surface area contributed by atoms with Crippen molar-refractivity contribution in [3.05, 3.63) is 12.7 Å². The average molecular weight is 313 g/mol. The van der Waals surface area contributed by atoms with E-state index in [2.05, 4.69) is 27.3 Å². The van der Waals surface area contributed by atoms with E-state index in [4.69, 9.17) is 11.1 Å². The standard InChI is InChI=1S/C13H23N5O4/c1-3-7-22-13(21)18-12(15)16-6-4-5-10(8-19)17-11(20)9(2)14/h3,8-10H,1,4-7,14H2,2H3,(H,17,20)(H3,15,16,18,21)/t9-,10-/m0/s1. The summed E-state index contributed by atoms with van der Waals surface area (Å²) >= 11 is 0. The fraction of sp³-hybridized carbons (Fsp3) is 0.538. The topological polar surface area (TPSA) is 146 Å². The molecule has 0 saturated carbocycles. The predicted octanol–water partition coefficient (Wildman–Crippen LogP) is -0.766. The minimum absolute atomic E-state index is 0.0550. The lowest BCUT2D eigenvalue weighted by Crippen LogP contribution is -2.45. The van der Waals surface area contributed by atoms with Crippen LogP contribution in [0.5, 0.6) is 0 Å². The molecule has 0 rings (SSSR count). The number of aldehydes is 1. The first-order valence-electron chi connectivity index (χ1n) is 6.79. The molecule has 124 valence electrons. The first-order valence-corrected chi connectivity index (χ1v) is 6.79. The highest BCUT2D eigenvalue weighted by Crippen LogP contribution is 1.94. The number of alkyl carbamates (subject to hydrolysis) is 1. The first-order chi connectivity index (χ1) is 10.4. The summed E-state index contributed by atoms with van der Waals surface area (Å²) in [6.45, 7) is 5.31. The number of nitrogens with one attached hydrogen (secondary N) is 4. The molecule has 0 aliphatic carbocycles. The van der Waals surface area contributed by atoms with Gasteiger partial charge in [0.2, 0.25) is 5.91 Å². The van der Waals surface area contributed by atoms with Crippen molar-refractivity contribution in [3.63, 3.8) is 0 Å². The zero-order valence-corrected chi connectivity index (χ0v) is 12.6. The Hall–Kier alpha value is -2.42. The molecule has 0 aromatic heterocycles. The predicted molar refractivity (Wildman–Crippen MR) is 81.3 cm³/mol. The van der Waals surface area contributed by atoms with E-state index in [1.165, 1.54) is 13.0 Å². The lowest BCUT2D eigenvalue weighted by molar-refractivity contribution is -0.124. The highest BCUT2D eigenvalue weighted by Gasteiger charge is 2.13. The van der Waals surface area contributed by atoms with Crippen molar-refractivity contribution in [2.45, 2.75) is 31.8 Å². The van der Waals surface area contributed by atoms with Crippen LogP contribution in [0.1, 0.15) is 19.8 Å². The van der Waals surface area contributed by atoms with Gasteiger partial charge in [-0.1, -0.05) is 12.7 Å².